The van der Waals surface area contributed by atoms with Crippen LogP contribution in [0.2, 0.25) is 0 Å². The summed E-state index contributed by atoms with van der Waals surface area (Å²) in [6.07, 6.45) is 1.45. The summed E-state index contributed by atoms with van der Waals surface area (Å²) < 4.78 is 27.2. The molecule has 0 bridgehead atoms. The molecule has 21 heavy (non-hydrogen) atoms. The standard InChI is InChI=1S/C12H18N4O4S/c1-15-6-4-9(5-7-15)14-21(19,20)12-3-2-10(16(17)18)8-11(12)13/h2-3,8-9,14H,4-7,13H2,1H3. The number of nitro groups is 1. The number of likely N-dealkylation sites (tertiary alicyclic amines) is 1. The number of rotatable bonds is 4. The second-order valence-electron chi connectivity index (χ2n) is 5.18. The summed E-state index contributed by atoms with van der Waals surface area (Å²) in [4.78, 5) is 12.0. The number of hydrogen-bond acceptors (Lipinski definition) is 6. The van der Waals surface area contributed by atoms with E-state index in [0.717, 1.165) is 38.1 Å². The molecule has 1 heterocycles. The second kappa shape index (κ2) is 5.96. The van der Waals surface area contributed by atoms with Gasteiger partial charge in [0.25, 0.3) is 5.69 Å². The van der Waals surface area contributed by atoms with Gasteiger partial charge in [0.05, 0.1) is 10.6 Å². The summed E-state index contributed by atoms with van der Waals surface area (Å²) in [5.41, 5.74) is 5.29. The Morgan fingerprint density at radius 2 is 2.00 bits per heavy atom. The van der Waals surface area contributed by atoms with E-state index < -0.39 is 14.9 Å². The van der Waals surface area contributed by atoms with Crippen molar-refractivity contribution in [3.8, 4) is 0 Å². The Morgan fingerprint density at radius 3 is 2.52 bits per heavy atom. The summed E-state index contributed by atoms with van der Waals surface area (Å²) in [7, 11) is -1.78. The lowest BCUT2D eigenvalue weighted by atomic mass is 10.1. The maximum Gasteiger partial charge on any atom is 0.271 e. The van der Waals surface area contributed by atoms with Gasteiger partial charge in [-0.2, -0.15) is 0 Å². The molecule has 0 aliphatic carbocycles. The molecule has 9 heteroatoms. The quantitative estimate of drug-likeness (QED) is 0.476. The van der Waals surface area contributed by atoms with Crippen molar-refractivity contribution in [2.45, 2.75) is 23.8 Å². The Hall–Kier alpha value is -1.71. The van der Waals surface area contributed by atoms with Crippen LogP contribution in [0.4, 0.5) is 11.4 Å². The van der Waals surface area contributed by atoms with Gasteiger partial charge in [-0.1, -0.05) is 0 Å². The lowest BCUT2D eigenvalue weighted by Gasteiger charge is -2.29. The zero-order chi connectivity index (χ0) is 15.6. The van der Waals surface area contributed by atoms with Crippen molar-refractivity contribution in [3.05, 3.63) is 28.3 Å². The summed E-state index contributed by atoms with van der Waals surface area (Å²) in [6, 6.07) is 3.23. The first-order valence-corrected chi connectivity index (χ1v) is 8.03. The van der Waals surface area contributed by atoms with E-state index in [1.54, 1.807) is 0 Å². The first kappa shape index (κ1) is 15.7. The van der Waals surface area contributed by atoms with Gasteiger partial charge in [-0.25, -0.2) is 13.1 Å². The first-order valence-electron chi connectivity index (χ1n) is 6.54. The van der Waals surface area contributed by atoms with Gasteiger partial charge in [0.1, 0.15) is 4.90 Å². The number of benzene rings is 1. The Kier molecular flexibility index (Phi) is 4.45. The van der Waals surface area contributed by atoms with Crippen LogP contribution in [0.3, 0.4) is 0 Å². The molecule has 0 saturated carbocycles. The third-order valence-corrected chi connectivity index (χ3v) is 5.13. The number of nitrogen functional groups attached to an aromatic ring is 1. The van der Waals surface area contributed by atoms with Crippen LogP contribution in [0.25, 0.3) is 0 Å². The SMILES string of the molecule is CN1CCC(NS(=O)(=O)c2ccc([N+](=O)[O-])cc2N)CC1. The van der Waals surface area contributed by atoms with E-state index in [-0.39, 0.29) is 22.3 Å². The minimum atomic E-state index is -3.77. The minimum absolute atomic E-state index is 0.118. The predicted molar refractivity (Wildman–Crippen MR) is 78.3 cm³/mol. The topological polar surface area (TPSA) is 119 Å². The molecular formula is C12H18N4O4S. The summed E-state index contributed by atoms with van der Waals surface area (Å²) in [5.74, 6) is 0. The van der Waals surface area contributed by atoms with Crippen LogP contribution >= 0.6 is 0 Å². The third-order valence-electron chi connectivity index (χ3n) is 3.53. The number of anilines is 1. The number of hydrogen-bond donors (Lipinski definition) is 2. The van der Waals surface area contributed by atoms with Crippen LogP contribution in [0.1, 0.15) is 12.8 Å². The fourth-order valence-corrected chi connectivity index (χ4v) is 3.72. The zero-order valence-corrected chi connectivity index (χ0v) is 12.5. The minimum Gasteiger partial charge on any atom is -0.397 e. The molecule has 1 fully saturated rings. The van der Waals surface area contributed by atoms with E-state index in [2.05, 4.69) is 9.62 Å². The molecule has 1 aliphatic rings. The number of nitrogens with two attached hydrogens (primary N) is 1. The molecule has 0 atom stereocenters. The molecule has 0 spiro atoms. The average Bonchev–Trinajstić information content (AvgIpc) is 2.40. The number of piperidine rings is 1. The molecule has 1 aromatic carbocycles. The highest BCUT2D eigenvalue weighted by atomic mass is 32.2. The Bertz CT molecular complexity index is 639. The zero-order valence-electron chi connectivity index (χ0n) is 11.7. The van der Waals surface area contributed by atoms with Gasteiger partial charge in [-0.3, -0.25) is 10.1 Å². The van der Waals surface area contributed by atoms with Crippen LogP contribution in [-0.4, -0.2) is 44.4 Å². The van der Waals surface area contributed by atoms with Crippen molar-refractivity contribution in [2.24, 2.45) is 0 Å². The van der Waals surface area contributed by atoms with Crippen LogP contribution in [0.15, 0.2) is 23.1 Å². The van der Waals surface area contributed by atoms with E-state index in [0.29, 0.717) is 0 Å². The van der Waals surface area contributed by atoms with Gasteiger partial charge in [-0.15, -0.1) is 0 Å². The van der Waals surface area contributed by atoms with Crippen LogP contribution in [0.5, 0.6) is 0 Å². The molecule has 0 radical (unpaired) electrons. The summed E-state index contributed by atoms with van der Waals surface area (Å²) in [6.45, 7) is 1.64. The van der Waals surface area contributed by atoms with Crippen LogP contribution < -0.4 is 10.5 Å². The van der Waals surface area contributed by atoms with E-state index >= 15 is 0 Å². The molecule has 8 nitrogen and oxygen atoms in total. The van der Waals surface area contributed by atoms with Gasteiger partial charge in [0.2, 0.25) is 10.0 Å². The Labute approximate surface area is 123 Å². The van der Waals surface area contributed by atoms with Gasteiger partial charge >= 0.3 is 0 Å². The number of nitro benzene ring substituents is 1. The number of non-ortho nitro benzene ring substituents is 1. The molecule has 116 valence electrons. The molecule has 2 rings (SSSR count). The van der Waals surface area contributed by atoms with Crippen LogP contribution in [0, 0.1) is 10.1 Å². The normalized spacial score (nSPS) is 17.8. The maximum absolute atomic E-state index is 12.3. The van der Waals surface area contributed by atoms with Gasteiger partial charge in [0, 0.05) is 18.2 Å². The molecule has 0 unspecified atom stereocenters. The van der Waals surface area contributed by atoms with Crippen molar-refractivity contribution in [1.29, 1.82) is 0 Å². The Morgan fingerprint density at radius 1 is 1.38 bits per heavy atom. The van der Waals surface area contributed by atoms with Crippen molar-refractivity contribution < 1.29 is 13.3 Å². The average molecular weight is 314 g/mol. The lowest BCUT2D eigenvalue weighted by molar-refractivity contribution is -0.384. The molecule has 3 N–H and O–H groups in total. The van der Waals surface area contributed by atoms with Crippen molar-refractivity contribution >= 4 is 21.4 Å². The van der Waals surface area contributed by atoms with Gasteiger partial charge < -0.3 is 10.6 Å². The highest BCUT2D eigenvalue weighted by molar-refractivity contribution is 7.89. The monoisotopic (exact) mass is 314 g/mol. The van der Waals surface area contributed by atoms with Crippen LogP contribution in [-0.2, 0) is 10.0 Å². The summed E-state index contributed by atoms with van der Waals surface area (Å²) >= 11 is 0. The molecule has 1 aromatic rings. The molecule has 0 amide bonds. The van der Waals surface area contributed by atoms with E-state index in [1.807, 2.05) is 7.05 Å². The highest BCUT2D eigenvalue weighted by Crippen LogP contribution is 2.24. The number of nitrogens with one attached hydrogen (secondary N) is 1. The van der Waals surface area contributed by atoms with Crippen molar-refractivity contribution in [3.63, 3.8) is 0 Å². The predicted octanol–water partition coefficient (Wildman–Crippen LogP) is 0.549. The number of sulfonamides is 1. The van der Waals surface area contributed by atoms with E-state index in [9.17, 15) is 18.5 Å². The van der Waals surface area contributed by atoms with Gasteiger partial charge in [0.15, 0.2) is 0 Å². The van der Waals surface area contributed by atoms with Crippen molar-refractivity contribution in [2.75, 3.05) is 25.9 Å². The van der Waals surface area contributed by atoms with E-state index in [1.165, 1.54) is 6.07 Å². The van der Waals surface area contributed by atoms with Gasteiger partial charge in [-0.05, 0) is 39.0 Å². The fraction of sp³-hybridized carbons (Fsp3) is 0.500. The Balaban J connectivity index is 2.18. The smallest absolute Gasteiger partial charge is 0.271 e. The highest BCUT2D eigenvalue weighted by Gasteiger charge is 2.25. The lowest BCUT2D eigenvalue weighted by Crippen LogP contribution is -2.43. The maximum atomic E-state index is 12.3. The van der Waals surface area contributed by atoms with E-state index in [4.69, 9.17) is 5.73 Å². The molecular weight excluding hydrogens is 296 g/mol. The molecule has 1 aliphatic heterocycles. The largest absolute Gasteiger partial charge is 0.397 e. The molecule has 1 saturated heterocycles. The third kappa shape index (κ3) is 3.69. The molecule has 0 aromatic heterocycles. The second-order valence-corrected chi connectivity index (χ2v) is 6.86. The summed E-state index contributed by atoms with van der Waals surface area (Å²) in [5, 5.41) is 10.6. The fourth-order valence-electron chi connectivity index (χ4n) is 2.30. The first-order chi connectivity index (χ1) is 9.79. The number of nitrogens with zero attached hydrogens (tertiary/aromatic N) is 2. The van der Waals surface area contributed by atoms with Crippen molar-refractivity contribution in [1.82, 2.24) is 9.62 Å².